The second-order valence-corrected chi connectivity index (χ2v) is 6.77. The summed E-state index contributed by atoms with van der Waals surface area (Å²) in [7, 11) is 0. The van der Waals surface area contributed by atoms with Crippen molar-refractivity contribution in [3.05, 3.63) is 60.2 Å². The topological polar surface area (TPSA) is 107 Å². The zero-order chi connectivity index (χ0) is 19.8. The van der Waals surface area contributed by atoms with Crippen LogP contribution in [0.25, 0.3) is 21.5 Å². The van der Waals surface area contributed by atoms with Gasteiger partial charge in [-0.15, -0.1) is 0 Å². The summed E-state index contributed by atoms with van der Waals surface area (Å²) in [4.78, 5) is 37.4. The summed E-state index contributed by atoms with van der Waals surface area (Å²) in [5, 5.41) is 25.4. The number of hydrogen-bond donors (Lipinski definition) is 3. The lowest BCUT2D eigenvalue weighted by atomic mass is 9.98. The highest BCUT2D eigenvalue weighted by Gasteiger charge is 2.43. The van der Waals surface area contributed by atoms with Crippen molar-refractivity contribution in [3.8, 4) is 0 Å². The van der Waals surface area contributed by atoms with Crippen molar-refractivity contribution in [1.82, 2.24) is 10.2 Å². The summed E-state index contributed by atoms with van der Waals surface area (Å²) >= 11 is 0. The Morgan fingerprint density at radius 2 is 1.57 bits per heavy atom. The summed E-state index contributed by atoms with van der Waals surface area (Å²) in [5.41, 5.74) is 0.334. The van der Waals surface area contributed by atoms with Gasteiger partial charge in [0, 0.05) is 18.7 Å². The van der Waals surface area contributed by atoms with E-state index >= 15 is 0 Å². The standard InChI is InChI=1S/C21H18N2O5/c24-19(23-10-9-22-17(20(25)26)18(23)21(27)28)14-8-7-13-6-5-12-3-1-2-4-15(12)16(13)11-14/h1-8,11,17-18,22H,9-10H2,(H,25,26)(H,27,28)/t17-,18+/m0/s1. The second kappa shape index (κ2) is 6.94. The van der Waals surface area contributed by atoms with Crippen LogP contribution in [-0.4, -0.2) is 58.1 Å². The number of fused-ring (bicyclic) bond motifs is 3. The molecule has 1 heterocycles. The number of piperazine rings is 1. The molecule has 1 fully saturated rings. The third-order valence-electron chi connectivity index (χ3n) is 5.14. The maximum absolute atomic E-state index is 13.1. The number of carboxylic acid groups (broad SMARTS) is 2. The van der Waals surface area contributed by atoms with Crippen molar-refractivity contribution >= 4 is 39.4 Å². The Bertz CT molecular complexity index is 1110. The summed E-state index contributed by atoms with van der Waals surface area (Å²) in [6, 6.07) is 14.2. The normalized spacial score (nSPS) is 19.6. The number of aliphatic carboxylic acids is 2. The van der Waals surface area contributed by atoms with Crippen LogP contribution in [0.3, 0.4) is 0 Å². The molecule has 0 radical (unpaired) electrons. The predicted molar refractivity (Wildman–Crippen MR) is 103 cm³/mol. The van der Waals surface area contributed by atoms with Gasteiger partial charge in [0.1, 0.15) is 6.04 Å². The average Bonchev–Trinajstić information content (AvgIpc) is 2.72. The lowest BCUT2D eigenvalue weighted by Gasteiger charge is -2.37. The van der Waals surface area contributed by atoms with E-state index in [9.17, 15) is 24.6 Å². The van der Waals surface area contributed by atoms with Gasteiger partial charge in [0.15, 0.2) is 6.04 Å². The van der Waals surface area contributed by atoms with Gasteiger partial charge in [0.05, 0.1) is 0 Å². The lowest BCUT2D eigenvalue weighted by Crippen LogP contribution is -2.65. The van der Waals surface area contributed by atoms with Gasteiger partial charge in [-0.3, -0.25) is 9.59 Å². The summed E-state index contributed by atoms with van der Waals surface area (Å²) in [6.45, 7) is 0.330. The van der Waals surface area contributed by atoms with E-state index in [1.54, 1.807) is 12.1 Å². The number of nitrogens with zero attached hydrogens (tertiary/aromatic N) is 1. The molecule has 0 spiro atoms. The minimum Gasteiger partial charge on any atom is -0.480 e. The van der Waals surface area contributed by atoms with Crippen LogP contribution in [-0.2, 0) is 9.59 Å². The Morgan fingerprint density at radius 3 is 2.29 bits per heavy atom. The molecule has 1 aliphatic heterocycles. The Labute approximate surface area is 160 Å². The fraction of sp³-hybridized carbons (Fsp3) is 0.190. The average molecular weight is 378 g/mol. The Kier molecular flexibility index (Phi) is 4.44. The number of rotatable bonds is 3. The third kappa shape index (κ3) is 2.95. The number of carboxylic acids is 2. The number of nitrogens with one attached hydrogen (secondary N) is 1. The first kappa shape index (κ1) is 17.9. The quantitative estimate of drug-likeness (QED) is 0.602. The molecule has 1 aliphatic rings. The Morgan fingerprint density at radius 1 is 0.893 bits per heavy atom. The number of benzene rings is 3. The molecule has 3 N–H and O–H groups in total. The molecule has 0 aromatic heterocycles. The Balaban J connectivity index is 1.78. The molecular formula is C21H18N2O5. The number of hydrogen-bond acceptors (Lipinski definition) is 4. The molecule has 28 heavy (non-hydrogen) atoms. The van der Waals surface area contributed by atoms with E-state index in [1.165, 1.54) is 0 Å². The molecule has 0 unspecified atom stereocenters. The van der Waals surface area contributed by atoms with Crippen LogP contribution in [0.5, 0.6) is 0 Å². The van der Waals surface area contributed by atoms with E-state index in [2.05, 4.69) is 5.32 Å². The van der Waals surface area contributed by atoms with E-state index in [1.807, 2.05) is 42.5 Å². The third-order valence-corrected chi connectivity index (χ3v) is 5.14. The van der Waals surface area contributed by atoms with Gasteiger partial charge < -0.3 is 20.4 Å². The molecule has 0 aliphatic carbocycles. The van der Waals surface area contributed by atoms with Gasteiger partial charge in [-0.25, -0.2) is 4.79 Å². The van der Waals surface area contributed by atoms with Gasteiger partial charge in [0.2, 0.25) is 0 Å². The van der Waals surface area contributed by atoms with Crippen LogP contribution in [0.4, 0.5) is 0 Å². The Hall–Kier alpha value is -3.45. The van der Waals surface area contributed by atoms with Crippen LogP contribution in [0, 0.1) is 0 Å². The first-order valence-electron chi connectivity index (χ1n) is 8.89. The second-order valence-electron chi connectivity index (χ2n) is 6.77. The molecule has 3 aromatic rings. The lowest BCUT2D eigenvalue weighted by molar-refractivity contribution is -0.152. The molecule has 2 atom stereocenters. The summed E-state index contributed by atoms with van der Waals surface area (Å²) in [6.07, 6.45) is 0. The van der Waals surface area contributed by atoms with Crippen LogP contribution in [0.2, 0.25) is 0 Å². The monoisotopic (exact) mass is 378 g/mol. The van der Waals surface area contributed by atoms with Gasteiger partial charge in [0.25, 0.3) is 5.91 Å². The fourth-order valence-electron chi connectivity index (χ4n) is 3.80. The van der Waals surface area contributed by atoms with Gasteiger partial charge in [-0.05, 0) is 33.7 Å². The zero-order valence-electron chi connectivity index (χ0n) is 14.8. The molecule has 7 nitrogen and oxygen atoms in total. The first-order valence-corrected chi connectivity index (χ1v) is 8.89. The number of carbonyl (C=O) groups is 3. The molecule has 0 bridgehead atoms. The molecular weight excluding hydrogens is 360 g/mol. The maximum Gasteiger partial charge on any atom is 0.328 e. The first-order chi connectivity index (χ1) is 13.5. The van der Waals surface area contributed by atoms with E-state index in [4.69, 9.17) is 0 Å². The van der Waals surface area contributed by atoms with Gasteiger partial charge in [-0.1, -0.05) is 42.5 Å². The zero-order valence-corrected chi connectivity index (χ0v) is 14.8. The van der Waals surface area contributed by atoms with E-state index < -0.39 is 29.9 Å². The molecule has 1 saturated heterocycles. The van der Waals surface area contributed by atoms with Crippen molar-refractivity contribution < 1.29 is 24.6 Å². The molecule has 142 valence electrons. The number of carbonyl (C=O) groups excluding carboxylic acids is 1. The van der Waals surface area contributed by atoms with Gasteiger partial charge >= 0.3 is 11.9 Å². The summed E-state index contributed by atoms with van der Waals surface area (Å²) in [5.74, 6) is -3.14. The van der Waals surface area contributed by atoms with Crippen LogP contribution >= 0.6 is 0 Å². The molecule has 4 rings (SSSR count). The van der Waals surface area contributed by atoms with Crippen molar-refractivity contribution in [2.24, 2.45) is 0 Å². The highest BCUT2D eigenvalue weighted by molar-refractivity contribution is 6.10. The van der Waals surface area contributed by atoms with Crippen molar-refractivity contribution in [3.63, 3.8) is 0 Å². The molecule has 7 heteroatoms. The smallest absolute Gasteiger partial charge is 0.328 e. The van der Waals surface area contributed by atoms with Crippen molar-refractivity contribution in [2.75, 3.05) is 13.1 Å². The van der Waals surface area contributed by atoms with Gasteiger partial charge in [-0.2, -0.15) is 0 Å². The molecule has 1 amide bonds. The minimum absolute atomic E-state index is 0.118. The van der Waals surface area contributed by atoms with E-state index in [0.717, 1.165) is 26.4 Å². The summed E-state index contributed by atoms with van der Waals surface area (Å²) < 4.78 is 0. The largest absolute Gasteiger partial charge is 0.480 e. The number of amides is 1. The molecule has 0 saturated carbocycles. The van der Waals surface area contributed by atoms with E-state index in [0.29, 0.717) is 5.56 Å². The van der Waals surface area contributed by atoms with Crippen LogP contribution < -0.4 is 5.32 Å². The minimum atomic E-state index is -1.47. The molecule has 3 aromatic carbocycles. The maximum atomic E-state index is 13.1. The SMILES string of the molecule is O=C(O)[C@H]1NCCN(C(=O)c2ccc3ccc4ccccc4c3c2)[C@H]1C(=O)O. The van der Waals surface area contributed by atoms with Crippen molar-refractivity contribution in [2.45, 2.75) is 12.1 Å². The fourth-order valence-corrected chi connectivity index (χ4v) is 3.80. The van der Waals surface area contributed by atoms with E-state index in [-0.39, 0.29) is 13.1 Å². The van der Waals surface area contributed by atoms with Crippen LogP contribution in [0.15, 0.2) is 54.6 Å². The highest BCUT2D eigenvalue weighted by Crippen LogP contribution is 2.27. The van der Waals surface area contributed by atoms with Crippen LogP contribution in [0.1, 0.15) is 10.4 Å². The highest BCUT2D eigenvalue weighted by atomic mass is 16.4. The predicted octanol–water partition coefficient (Wildman–Crippen LogP) is 1.94. The van der Waals surface area contributed by atoms with Crippen molar-refractivity contribution in [1.29, 1.82) is 0 Å².